The number of nitrogens with zero attached hydrogens (tertiary/aromatic N) is 5. The van der Waals surface area contributed by atoms with Crippen molar-refractivity contribution < 1.29 is 47.0 Å². The van der Waals surface area contributed by atoms with Gasteiger partial charge in [0.1, 0.15) is 12.1 Å². The molecule has 6 rings (SSSR count). The van der Waals surface area contributed by atoms with Crippen molar-refractivity contribution in [2.45, 2.75) is 110 Å². The number of benzene rings is 2. The summed E-state index contributed by atoms with van der Waals surface area (Å²) >= 11 is 0. The summed E-state index contributed by atoms with van der Waals surface area (Å²) in [5.74, 6) is -4.20. The molecule has 5 aromatic rings. The third kappa shape index (κ3) is 13.8. The third-order valence-electron chi connectivity index (χ3n) is 12.6. The number of alkyl halides is 3. The molecule has 0 saturated carbocycles. The molecule has 15 nitrogen and oxygen atoms in total. The maximum atomic E-state index is 14.4. The number of hydrogen-bond acceptors (Lipinski definition) is 10. The Morgan fingerprint density at radius 2 is 1.47 bits per heavy atom. The van der Waals surface area contributed by atoms with Gasteiger partial charge in [0, 0.05) is 66.7 Å². The zero-order valence-electron chi connectivity index (χ0n) is 40.7. The van der Waals surface area contributed by atoms with Crippen molar-refractivity contribution in [2.24, 2.45) is 11.8 Å². The predicted octanol–water partition coefficient (Wildman–Crippen LogP) is 8.60. The number of carbonyl (C=O) groups is 5. The molecule has 0 bridgehead atoms. The zero-order valence-corrected chi connectivity index (χ0v) is 40.7. The van der Waals surface area contributed by atoms with Crippen molar-refractivity contribution in [3.05, 3.63) is 141 Å². The van der Waals surface area contributed by atoms with Crippen molar-refractivity contribution in [3.63, 3.8) is 0 Å². The Morgan fingerprint density at radius 3 is 2.11 bits per heavy atom. The van der Waals surface area contributed by atoms with Gasteiger partial charge in [-0.1, -0.05) is 51.1 Å². The van der Waals surface area contributed by atoms with Crippen LogP contribution >= 0.6 is 0 Å². The van der Waals surface area contributed by atoms with Gasteiger partial charge in [-0.2, -0.15) is 18.4 Å². The summed E-state index contributed by atoms with van der Waals surface area (Å²) in [5, 5.41) is 25.5. The zero-order chi connectivity index (χ0) is 52.3. The Balaban J connectivity index is 1.24. The minimum absolute atomic E-state index is 0.0112. The van der Waals surface area contributed by atoms with Gasteiger partial charge in [0.15, 0.2) is 0 Å². The van der Waals surface area contributed by atoms with Gasteiger partial charge in [-0.15, -0.1) is 0 Å². The van der Waals surface area contributed by atoms with Crippen LogP contribution in [0.2, 0.25) is 0 Å². The van der Waals surface area contributed by atoms with Crippen LogP contribution in [0, 0.1) is 37.0 Å². The number of carboxylic acids is 1. The number of aliphatic carboxylic acids is 1. The second-order valence-electron chi connectivity index (χ2n) is 18.8. The van der Waals surface area contributed by atoms with Crippen molar-refractivity contribution >= 4 is 29.7 Å². The van der Waals surface area contributed by atoms with E-state index in [2.05, 4.69) is 26.7 Å². The number of aryl methyl sites for hydroxylation is 2. The number of halogens is 3. The lowest BCUT2D eigenvalue weighted by molar-refractivity contribution is -0.147. The molecule has 3 amide bonds. The first-order chi connectivity index (χ1) is 34.2. The van der Waals surface area contributed by atoms with E-state index in [-0.39, 0.29) is 60.1 Å². The van der Waals surface area contributed by atoms with Crippen LogP contribution in [0.5, 0.6) is 0 Å². The highest BCUT2D eigenvalue weighted by Gasteiger charge is 2.37. The monoisotopic (exact) mass is 989 g/mol. The summed E-state index contributed by atoms with van der Waals surface area (Å²) in [6, 6.07) is 14.6. The maximum Gasteiger partial charge on any atom is 0.417 e. The Hall–Kier alpha value is -7.68. The van der Waals surface area contributed by atoms with Crippen LogP contribution in [-0.4, -0.2) is 73.4 Å². The van der Waals surface area contributed by atoms with E-state index in [1.165, 1.54) is 59.2 Å². The molecule has 1 fully saturated rings. The topological polar surface area (TPSA) is 214 Å². The predicted molar refractivity (Wildman–Crippen MR) is 260 cm³/mol. The molecule has 0 aliphatic carbocycles. The van der Waals surface area contributed by atoms with Crippen LogP contribution in [0.3, 0.4) is 0 Å². The van der Waals surface area contributed by atoms with Gasteiger partial charge < -0.3 is 29.9 Å². The maximum absolute atomic E-state index is 14.4. The number of amides is 3. The highest BCUT2D eigenvalue weighted by atomic mass is 19.4. The fraction of sp³-hybridized carbons (Fsp3) is 0.389. The van der Waals surface area contributed by atoms with E-state index in [9.17, 15) is 52.3 Å². The molecule has 1 aliphatic rings. The second kappa shape index (κ2) is 24.0. The first-order valence-corrected chi connectivity index (χ1v) is 23.8. The molecule has 3 unspecified atom stereocenters. The highest BCUT2D eigenvalue weighted by molar-refractivity contribution is 5.89. The van der Waals surface area contributed by atoms with Crippen LogP contribution in [0.4, 0.5) is 13.2 Å². The third-order valence-corrected chi connectivity index (χ3v) is 12.6. The van der Waals surface area contributed by atoms with Gasteiger partial charge in [0.2, 0.25) is 17.7 Å². The van der Waals surface area contributed by atoms with Crippen LogP contribution in [0.25, 0.3) is 22.3 Å². The van der Waals surface area contributed by atoms with E-state index in [1.54, 1.807) is 62.6 Å². The van der Waals surface area contributed by atoms with E-state index in [1.807, 2.05) is 13.8 Å². The standard InChI is InChI=1S/C54H58F3N7O8/c1-32(2)19-45(64-18-16-33(3)21-48(64)66)52(70)62-44(38-22-37(27-59-28-38)41-13-7-6-12-36(41)26-58)25-50(69)72-31-34(4)20-46(63-17-9-8-15-47(63)65)53(71)61-43(24-49(67)68)39-23-40(30-60-29-39)51-35(5)11-10-14-42(51)54(55,56)57/h6-7,10-14,16,18,21-23,27-30,32,34,43-46H,8-9,15,17,19-20,24-25,31H2,1-5H3,(H,61,71)(H,62,70)(H,67,68)/t34?,43-,44-,45?,46?/m0/s1. The number of nitriles is 1. The van der Waals surface area contributed by atoms with Gasteiger partial charge in [-0.25, -0.2) is 0 Å². The fourth-order valence-corrected chi connectivity index (χ4v) is 9.00. The normalized spacial score (nSPS) is 14.9. The van der Waals surface area contributed by atoms with Gasteiger partial charge in [0.05, 0.1) is 48.7 Å². The SMILES string of the molecule is Cc1ccn(C(CC(C)C)C(=O)N[C@@H](CC(=O)OCC(C)CC(C(=O)N[C@@H](CC(=O)O)c2cncc(-c3c(C)cccc3C(F)(F)F)c2)N2CCCCC2=O)c2cncc(-c3ccccc3C#N)c2)c(=O)c1. The Labute approximate surface area is 415 Å². The number of carbonyl (C=O) groups excluding carboxylic acids is 4. The lowest BCUT2D eigenvalue weighted by Gasteiger charge is -2.36. The number of aromatic nitrogens is 3. The van der Waals surface area contributed by atoms with Crippen LogP contribution in [0.15, 0.2) is 103 Å². The average molecular weight is 990 g/mol. The minimum Gasteiger partial charge on any atom is -0.481 e. The Kier molecular flexibility index (Phi) is 17.9. The van der Waals surface area contributed by atoms with Crippen molar-refractivity contribution in [1.82, 2.24) is 30.1 Å². The van der Waals surface area contributed by atoms with Gasteiger partial charge in [-0.3, -0.25) is 38.7 Å². The molecule has 18 heteroatoms. The largest absolute Gasteiger partial charge is 0.481 e. The lowest BCUT2D eigenvalue weighted by Crippen LogP contribution is -2.52. The van der Waals surface area contributed by atoms with E-state index in [0.29, 0.717) is 47.1 Å². The summed E-state index contributed by atoms with van der Waals surface area (Å²) in [7, 11) is 0. The summed E-state index contributed by atoms with van der Waals surface area (Å²) in [6.45, 7) is 8.80. The van der Waals surface area contributed by atoms with E-state index in [4.69, 9.17) is 4.74 Å². The molecule has 2 aromatic carbocycles. The first-order valence-electron chi connectivity index (χ1n) is 23.8. The molecule has 0 spiro atoms. The molecule has 5 atom stereocenters. The molecular formula is C54H58F3N7O8. The van der Waals surface area contributed by atoms with Gasteiger partial charge >= 0.3 is 18.1 Å². The minimum atomic E-state index is -4.71. The summed E-state index contributed by atoms with van der Waals surface area (Å²) < 4.78 is 49.7. The number of piperidine rings is 1. The molecular weight excluding hydrogens is 932 g/mol. The summed E-state index contributed by atoms with van der Waals surface area (Å²) in [5.41, 5.74) is 1.70. The van der Waals surface area contributed by atoms with Gasteiger partial charge in [0.25, 0.3) is 5.56 Å². The molecule has 378 valence electrons. The van der Waals surface area contributed by atoms with E-state index >= 15 is 0 Å². The highest BCUT2D eigenvalue weighted by Crippen LogP contribution is 2.39. The Bertz CT molecular complexity index is 2900. The summed E-state index contributed by atoms with van der Waals surface area (Å²) in [4.78, 5) is 91.4. The van der Waals surface area contributed by atoms with E-state index < -0.39 is 78.4 Å². The number of likely N-dealkylation sites (tertiary alicyclic amines) is 1. The molecule has 72 heavy (non-hydrogen) atoms. The number of hydrogen-bond donors (Lipinski definition) is 3. The van der Waals surface area contributed by atoms with Crippen molar-refractivity contribution in [2.75, 3.05) is 13.2 Å². The second-order valence-corrected chi connectivity index (χ2v) is 18.8. The molecule has 0 radical (unpaired) electrons. The molecule has 1 aliphatic heterocycles. The number of rotatable bonds is 20. The quantitative estimate of drug-likeness (QED) is 0.0628. The van der Waals surface area contributed by atoms with Crippen LogP contribution < -0.4 is 16.2 Å². The number of nitrogens with one attached hydrogen (secondary N) is 2. The molecule has 3 aromatic heterocycles. The smallest absolute Gasteiger partial charge is 0.417 e. The van der Waals surface area contributed by atoms with Crippen molar-refractivity contribution in [3.8, 4) is 28.3 Å². The van der Waals surface area contributed by atoms with Gasteiger partial charge in [-0.05, 0) is 110 Å². The lowest BCUT2D eigenvalue weighted by atomic mass is 9.93. The van der Waals surface area contributed by atoms with Crippen LogP contribution in [-0.2, 0) is 34.9 Å². The first kappa shape index (κ1) is 53.7. The number of ether oxygens (including phenoxy) is 1. The number of esters is 1. The van der Waals surface area contributed by atoms with E-state index in [0.717, 1.165) is 11.6 Å². The Morgan fingerprint density at radius 1 is 0.819 bits per heavy atom. The fourth-order valence-electron chi connectivity index (χ4n) is 9.00. The average Bonchev–Trinajstić information content (AvgIpc) is 3.33. The van der Waals surface area contributed by atoms with Crippen molar-refractivity contribution in [1.29, 1.82) is 5.26 Å². The number of carboxylic acid groups (broad SMARTS) is 1. The molecule has 3 N–H and O–H groups in total. The summed E-state index contributed by atoms with van der Waals surface area (Å²) in [6.07, 6.45) is 2.95. The van der Waals surface area contributed by atoms with Crippen LogP contribution in [0.1, 0.15) is 117 Å². The number of pyridine rings is 3. The molecule has 4 heterocycles. The molecule has 1 saturated heterocycles.